The summed E-state index contributed by atoms with van der Waals surface area (Å²) in [6.45, 7) is 0.407. The van der Waals surface area contributed by atoms with Gasteiger partial charge in [-0.25, -0.2) is 9.67 Å². The molecule has 14 heavy (non-hydrogen) atoms. The number of aromatic nitrogens is 3. The van der Waals surface area contributed by atoms with Crippen molar-refractivity contribution in [2.75, 3.05) is 0 Å². The predicted octanol–water partition coefficient (Wildman–Crippen LogP) is 1.16. The van der Waals surface area contributed by atoms with Gasteiger partial charge in [-0.1, -0.05) is 0 Å². The number of nitrogens with two attached hydrogens (primary N) is 1. The smallest absolute Gasteiger partial charge is 0.404 e. The SMILES string of the molecule is C/C(=C\N)c1ncnn1CC(F)(F)F. The first-order chi connectivity index (χ1) is 6.44. The molecule has 0 radical (unpaired) electrons. The number of allylic oxidation sites excluding steroid dienone is 1. The second-order valence-corrected chi connectivity index (χ2v) is 2.71. The van der Waals surface area contributed by atoms with E-state index in [1.165, 1.54) is 6.20 Å². The minimum Gasteiger partial charge on any atom is -0.404 e. The third-order valence-corrected chi connectivity index (χ3v) is 1.55. The molecule has 1 rings (SSSR count). The molecule has 2 N–H and O–H groups in total. The Kier molecular flexibility index (Phi) is 2.78. The first-order valence-corrected chi connectivity index (χ1v) is 3.77. The van der Waals surface area contributed by atoms with Crippen molar-refractivity contribution in [1.29, 1.82) is 0 Å². The monoisotopic (exact) mass is 206 g/mol. The van der Waals surface area contributed by atoms with Gasteiger partial charge < -0.3 is 5.73 Å². The van der Waals surface area contributed by atoms with E-state index in [1.54, 1.807) is 6.92 Å². The van der Waals surface area contributed by atoms with Gasteiger partial charge in [-0.05, 0) is 6.92 Å². The van der Waals surface area contributed by atoms with Crippen LogP contribution in [-0.2, 0) is 6.54 Å². The summed E-state index contributed by atoms with van der Waals surface area (Å²) in [5.74, 6) is 0.129. The predicted molar refractivity (Wildman–Crippen MR) is 43.9 cm³/mol. The van der Waals surface area contributed by atoms with Crippen LogP contribution in [0.15, 0.2) is 12.5 Å². The number of hydrogen-bond acceptors (Lipinski definition) is 3. The maximum Gasteiger partial charge on any atom is 0.408 e. The first kappa shape index (κ1) is 10.6. The van der Waals surface area contributed by atoms with Crippen LogP contribution in [0.3, 0.4) is 0 Å². The Morgan fingerprint density at radius 2 is 2.29 bits per heavy atom. The molecule has 0 saturated carbocycles. The van der Waals surface area contributed by atoms with Gasteiger partial charge in [0.1, 0.15) is 12.9 Å². The van der Waals surface area contributed by atoms with Crippen LogP contribution in [0, 0.1) is 0 Å². The minimum atomic E-state index is -4.31. The average Bonchev–Trinajstić information content (AvgIpc) is 2.48. The molecule has 0 unspecified atom stereocenters. The highest BCUT2D eigenvalue weighted by atomic mass is 19.4. The van der Waals surface area contributed by atoms with E-state index in [2.05, 4.69) is 10.1 Å². The average molecular weight is 206 g/mol. The summed E-state index contributed by atoms with van der Waals surface area (Å²) < 4.78 is 36.8. The van der Waals surface area contributed by atoms with Crippen molar-refractivity contribution in [3.8, 4) is 0 Å². The highest BCUT2D eigenvalue weighted by Gasteiger charge is 2.29. The van der Waals surface area contributed by atoms with Crippen LogP contribution in [0.4, 0.5) is 13.2 Å². The van der Waals surface area contributed by atoms with Crippen molar-refractivity contribution < 1.29 is 13.2 Å². The Morgan fingerprint density at radius 1 is 1.64 bits per heavy atom. The van der Waals surface area contributed by atoms with Crippen molar-refractivity contribution in [2.45, 2.75) is 19.6 Å². The molecule has 1 heterocycles. The van der Waals surface area contributed by atoms with Crippen LogP contribution in [-0.4, -0.2) is 20.9 Å². The summed E-state index contributed by atoms with van der Waals surface area (Å²) in [5, 5.41) is 3.46. The van der Waals surface area contributed by atoms with Gasteiger partial charge in [-0.15, -0.1) is 0 Å². The summed E-state index contributed by atoms with van der Waals surface area (Å²) in [6.07, 6.45) is -2.05. The van der Waals surface area contributed by atoms with Crippen LogP contribution in [0.25, 0.3) is 5.57 Å². The quantitative estimate of drug-likeness (QED) is 0.789. The molecule has 0 aliphatic rings. The van der Waals surface area contributed by atoms with Gasteiger partial charge in [-0.3, -0.25) is 0 Å². The van der Waals surface area contributed by atoms with E-state index in [0.717, 1.165) is 11.0 Å². The van der Waals surface area contributed by atoms with Crippen LogP contribution < -0.4 is 5.73 Å². The number of halogens is 3. The third kappa shape index (κ3) is 2.48. The zero-order chi connectivity index (χ0) is 10.8. The Bertz CT molecular complexity index is 339. The molecule has 0 aliphatic heterocycles. The van der Waals surface area contributed by atoms with Crippen molar-refractivity contribution in [3.63, 3.8) is 0 Å². The molecule has 7 heteroatoms. The molecule has 0 fully saturated rings. The number of hydrogen-bond donors (Lipinski definition) is 1. The van der Waals surface area contributed by atoms with Crippen molar-refractivity contribution in [1.82, 2.24) is 14.8 Å². The lowest BCUT2D eigenvalue weighted by atomic mass is 10.3. The lowest BCUT2D eigenvalue weighted by molar-refractivity contribution is -0.142. The summed E-state index contributed by atoms with van der Waals surface area (Å²) >= 11 is 0. The molecule has 78 valence electrons. The molecule has 0 amide bonds. The van der Waals surface area contributed by atoms with Crippen molar-refractivity contribution in [2.24, 2.45) is 5.73 Å². The first-order valence-electron chi connectivity index (χ1n) is 3.77. The normalized spacial score (nSPS) is 13.3. The molecular formula is C7H9F3N4. The van der Waals surface area contributed by atoms with E-state index >= 15 is 0 Å². The lowest BCUT2D eigenvalue weighted by Gasteiger charge is -2.08. The molecular weight excluding hydrogens is 197 g/mol. The lowest BCUT2D eigenvalue weighted by Crippen LogP contribution is -2.20. The van der Waals surface area contributed by atoms with Crippen molar-refractivity contribution >= 4 is 5.57 Å². The van der Waals surface area contributed by atoms with E-state index in [0.29, 0.717) is 5.57 Å². The van der Waals surface area contributed by atoms with Crippen LogP contribution >= 0.6 is 0 Å². The summed E-state index contributed by atoms with van der Waals surface area (Å²) in [7, 11) is 0. The Hall–Kier alpha value is -1.53. The van der Waals surface area contributed by atoms with E-state index in [-0.39, 0.29) is 5.82 Å². The zero-order valence-electron chi connectivity index (χ0n) is 7.41. The summed E-state index contributed by atoms with van der Waals surface area (Å²) in [5.41, 5.74) is 5.62. The molecule has 0 aromatic carbocycles. The minimum absolute atomic E-state index is 0.129. The van der Waals surface area contributed by atoms with E-state index < -0.39 is 12.7 Å². The fourth-order valence-electron chi connectivity index (χ4n) is 0.930. The molecule has 0 spiro atoms. The van der Waals surface area contributed by atoms with Gasteiger partial charge in [0.2, 0.25) is 0 Å². The second-order valence-electron chi connectivity index (χ2n) is 2.71. The van der Waals surface area contributed by atoms with Gasteiger partial charge in [0.05, 0.1) is 0 Å². The molecule has 1 aromatic rings. The largest absolute Gasteiger partial charge is 0.408 e. The van der Waals surface area contributed by atoms with Gasteiger partial charge >= 0.3 is 6.18 Å². The van der Waals surface area contributed by atoms with Crippen molar-refractivity contribution in [3.05, 3.63) is 18.4 Å². The summed E-state index contributed by atoms with van der Waals surface area (Å²) in [6, 6.07) is 0. The van der Waals surface area contributed by atoms with Crippen LogP contribution in [0.1, 0.15) is 12.7 Å². The summed E-state index contributed by atoms with van der Waals surface area (Å²) in [4.78, 5) is 3.67. The maximum absolute atomic E-state index is 12.0. The Labute approximate surface area is 78.2 Å². The van der Waals surface area contributed by atoms with E-state index in [1.807, 2.05) is 0 Å². The second kappa shape index (κ2) is 3.69. The van der Waals surface area contributed by atoms with Crippen LogP contribution in [0.2, 0.25) is 0 Å². The Balaban J connectivity index is 2.94. The molecule has 0 bridgehead atoms. The van der Waals surface area contributed by atoms with Gasteiger partial charge in [0.25, 0.3) is 0 Å². The highest BCUT2D eigenvalue weighted by Crippen LogP contribution is 2.19. The molecule has 0 saturated heterocycles. The number of alkyl halides is 3. The fraction of sp³-hybridized carbons (Fsp3) is 0.429. The molecule has 0 aliphatic carbocycles. The number of rotatable bonds is 2. The van der Waals surface area contributed by atoms with Gasteiger partial charge in [-0.2, -0.15) is 18.3 Å². The van der Waals surface area contributed by atoms with E-state index in [4.69, 9.17) is 5.73 Å². The Morgan fingerprint density at radius 3 is 2.79 bits per heavy atom. The van der Waals surface area contributed by atoms with Gasteiger partial charge in [0, 0.05) is 11.8 Å². The molecule has 0 atom stereocenters. The molecule has 1 aromatic heterocycles. The third-order valence-electron chi connectivity index (χ3n) is 1.55. The topological polar surface area (TPSA) is 56.7 Å². The number of nitrogens with zero attached hydrogens (tertiary/aromatic N) is 3. The van der Waals surface area contributed by atoms with Crippen LogP contribution in [0.5, 0.6) is 0 Å². The fourth-order valence-corrected chi connectivity index (χ4v) is 0.930. The maximum atomic E-state index is 12.0. The highest BCUT2D eigenvalue weighted by molar-refractivity contribution is 5.56. The molecule has 4 nitrogen and oxygen atoms in total. The van der Waals surface area contributed by atoms with Gasteiger partial charge in [0.15, 0.2) is 5.82 Å². The zero-order valence-corrected chi connectivity index (χ0v) is 7.41. The van der Waals surface area contributed by atoms with E-state index in [9.17, 15) is 13.2 Å². The standard InChI is InChI=1S/C7H9F3N4/c1-5(2-11)6-12-4-13-14(6)3-7(8,9)10/h2,4H,3,11H2,1H3/b5-2+.